The van der Waals surface area contributed by atoms with Gasteiger partial charge in [-0.05, 0) is 26.7 Å². The Morgan fingerprint density at radius 3 is 2.44 bits per heavy atom. The SMILES string of the molecule is CC1(C)OC1CCCCl. The van der Waals surface area contributed by atoms with Crippen LogP contribution in [-0.4, -0.2) is 17.6 Å². The number of rotatable bonds is 3. The highest BCUT2D eigenvalue weighted by atomic mass is 35.5. The first kappa shape index (κ1) is 7.36. The lowest BCUT2D eigenvalue weighted by molar-refractivity contribution is 0.319. The van der Waals surface area contributed by atoms with E-state index in [1.807, 2.05) is 0 Å². The van der Waals surface area contributed by atoms with Crippen molar-refractivity contribution in [1.82, 2.24) is 0 Å². The topological polar surface area (TPSA) is 12.5 Å². The molecule has 0 aliphatic carbocycles. The fourth-order valence-electron chi connectivity index (χ4n) is 1.00. The fourth-order valence-corrected chi connectivity index (χ4v) is 1.16. The Labute approximate surface area is 61.3 Å². The molecule has 0 amide bonds. The van der Waals surface area contributed by atoms with Crippen LogP contribution in [0.4, 0.5) is 0 Å². The molecule has 54 valence electrons. The van der Waals surface area contributed by atoms with E-state index in [2.05, 4.69) is 13.8 Å². The Morgan fingerprint density at radius 2 is 2.11 bits per heavy atom. The van der Waals surface area contributed by atoms with Crippen LogP contribution in [0.3, 0.4) is 0 Å². The standard InChI is InChI=1S/C7H13ClO/c1-7(2)6(9-7)4-3-5-8/h6H,3-5H2,1-2H3. The van der Waals surface area contributed by atoms with E-state index in [1.54, 1.807) is 0 Å². The quantitative estimate of drug-likeness (QED) is 0.442. The normalized spacial score (nSPS) is 30.3. The summed E-state index contributed by atoms with van der Waals surface area (Å²) in [6.45, 7) is 4.23. The third-order valence-electron chi connectivity index (χ3n) is 1.76. The van der Waals surface area contributed by atoms with Crippen LogP contribution in [0.5, 0.6) is 0 Å². The Balaban J connectivity index is 2.06. The van der Waals surface area contributed by atoms with E-state index in [0.717, 1.165) is 18.7 Å². The van der Waals surface area contributed by atoms with E-state index in [4.69, 9.17) is 16.3 Å². The van der Waals surface area contributed by atoms with Crippen LogP contribution >= 0.6 is 11.6 Å². The number of hydrogen-bond donors (Lipinski definition) is 0. The molecular formula is C7H13ClO. The lowest BCUT2D eigenvalue weighted by Gasteiger charge is -1.92. The first-order valence-electron chi connectivity index (χ1n) is 3.40. The van der Waals surface area contributed by atoms with Gasteiger partial charge in [0, 0.05) is 5.88 Å². The van der Waals surface area contributed by atoms with Gasteiger partial charge < -0.3 is 4.74 Å². The molecular weight excluding hydrogens is 136 g/mol. The molecule has 1 rings (SSSR count). The van der Waals surface area contributed by atoms with E-state index in [9.17, 15) is 0 Å². The summed E-state index contributed by atoms with van der Waals surface area (Å²) >= 11 is 5.51. The van der Waals surface area contributed by atoms with Gasteiger partial charge in [-0.2, -0.15) is 0 Å². The summed E-state index contributed by atoms with van der Waals surface area (Å²) in [7, 11) is 0. The maximum Gasteiger partial charge on any atom is 0.0892 e. The average molecular weight is 149 g/mol. The zero-order valence-electron chi connectivity index (χ0n) is 5.98. The lowest BCUT2D eigenvalue weighted by atomic mass is 10.1. The summed E-state index contributed by atoms with van der Waals surface area (Å²) in [5, 5.41) is 0. The van der Waals surface area contributed by atoms with Crippen molar-refractivity contribution >= 4 is 11.6 Å². The van der Waals surface area contributed by atoms with Crippen LogP contribution in [0.2, 0.25) is 0 Å². The van der Waals surface area contributed by atoms with Crippen molar-refractivity contribution in [3.63, 3.8) is 0 Å². The van der Waals surface area contributed by atoms with Crippen LogP contribution in [0, 0.1) is 0 Å². The molecule has 0 aromatic heterocycles. The van der Waals surface area contributed by atoms with E-state index < -0.39 is 0 Å². The Bertz CT molecular complexity index is 101. The largest absolute Gasteiger partial charge is 0.367 e. The van der Waals surface area contributed by atoms with Crippen molar-refractivity contribution in [2.45, 2.75) is 38.4 Å². The van der Waals surface area contributed by atoms with Crippen molar-refractivity contribution in [3.8, 4) is 0 Å². The predicted octanol–water partition coefficient (Wildman–Crippen LogP) is 2.18. The number of halogens is 1. The molecule has 1 atom stereocenters. The van der Waals surface area contributed by atoms with Gasteiger partial charge in [-0.1, -0.05) is 0 Å². The molecule has 1 nitrogen and oxygen atoms in total. The van der Waals surface area contributed by atoms with Gasteiger partial charge in [-0.3, -0.25) is 0 Å². The minimum Gasteiger partial charge on any atom is -0.367 e. The van der Waals surface area contributed by atoms with Crippen molar-refractivity contribution in [2.75, 3.05) is 5.88 Å². The predicted molar refractivity (Wildman–Crippen MR) is 38.9 cm³/mol. The first-order valence-corrected chi connectivity index (χ1v) is 3.94. The molecule has 1 saturated heterocycles. The second-order valence-corrected chi connectivity index (χ2v) is 3.42. The molecule has 0 spiro atoms. The molecule has 0 aromatic carbocycles. The third kappa shape index (κ3) is 1.84. The van der Waals surface area contributed by atoms with Crippen molar-refractivity contribution in [1.29, 1.82) is 0 Å². The zero-order valence-corrected chi connectivity index (χ0v) is 6.74. The van der Waals surface area contributed by atoms with Gasteiger partial charge in [0.1, 0.15) is 0 Å². The highest BCUT2D eigenvalue weighted by Gasteiger charge is 2.46. The van der Waals surface area contributed by atoms with E-state index >= 15 is 0 Å². The smallest absolute Gasteiger partial charge is 0.0892 e. The summed E-state index contributed by atoms with van der Waals surface area (Å²) in [5.74, 6) is 0.760. The summed E-state index contributed by atoms with van der Waals surface area (Å²) in [6, 6.07) is 0. The molecule has 1 unspecified atom stereocenters. The van der Waals surface area contributed by atoms with Crippen LogP contribution in [0.15, 0.2) is 0 Å². The van der Waals surface area contributed by atoms with Crippen LogP contribution < -0.4 is 0 Å². The molecule has 1 heterocycles. The molecule has 1 fully saturated rings. The van der Waals surface area contributed by atoms with Crippen molar-refractivity contribution < 1.29 is 4.74 Å². The molecule has 0 saturated carbocycles. The maximum atomic E-state index is 5.51. The molecule has 0 aromatic rings. The van der Waals surface area contributed by atoms with Crippen molar-refractivity contribution in [2.24, 2.45) is 0 Å². The number of hydrogen-bond acceptors (Lipinski definition) is 1. The van der Waals surface area contributed by atoms with E-state index in [0.29, 0.717) is 6.10 Å². The van der Waals surface area contributed by atoms with Crippen LogP contribution in [0.1, 0.15) is 26.7 Å². The average Bonchev–Trinajstić information content (AvgIpc) is 2.35. The first-order chi connectivity index (χ1) is 4.17. The van der Waals surface area contributed by atoms with E-state index in [1.165, 1.54) is 0 Å². The number of alkyl halides is 1. The molecule has 1 aliphatic heterocycles. The molecule has 0 radical (unpaired) electrons. The molecule has 0 N–H and O–H groups in total. The van der Waals surface area contributed by atoms with Gasteiger partial charge in [-0.15, -0.1) is 11.6 Å². The van der Waals surface area contributed by atoms with Gasteiger partial charge in [0.25, 0.3) is 0 Å². The Kier molecular flexibility index (Phi) is 2.02. The second-order valence-electron chi connectivity index (χ2n) is 3.04. The Morgan fingerprint density at radius 1 is 1.56 bits per heavy atom. The highest BCUT2D eigenvalue weighted by Crippen LogP contribution is 2.38. The minimum atomic E-state index is 0.159. The van der Waals surface area contributed by atoms with Crippen LogP contribution in [-0.2, 0) is 4.74 Å². The molecule has 9 heavy (non-hydrogen) atoms. The minimum absolute atomic E-state index is 0.159. The highest BCUT2D eigenvalue weighted by molar-refractivity contribution is 6.17. The number of epoxide rings is 1. The third-order valence-corrected chi connectivity index (χ3v) is 2.03. The number of ether oxygens (including phenoxy) is 1. The lowest BCUT2D eigenvalue weighted by Crippen LogP contribution is -2.02. The van der Waals surface area contributed by atoms with Gasteiger partial charge >= 0.3 is 0 Å². The van der Waals surface area contributed by atoms with Gasteiger partial charge in [0.2, 0.25) is 0 Å². The fraction of sp³-hybridized carbons (Fsp3) is 1.00. The van der Waals surface area contributed by atoms with Gasteiger partial charge in [0.15, 0.2) is 0 Å². The summed E-state index contributed by atoms with van der Waals surface area (Å²) in [4.78, 5) is 0. The molecule has 0 bridgehead atoms. The monoisotopic (exact) mass is 148 g/mol. The van der Waals surface area contributed by atoms with Crippen molar-refractivity contribution in [3.05, 3.63) is 0 Å². The maximum absolute atomic E-state index is 5.51. The van der Waals surface area contributed by atoms with E-state index in [-0.39, 0.29) is 5.60 Å². The second kappa shape index (κ2) is 2.47. The summed E-state index contributed by atoms with van der Waals surface area (Å²) in [5.41, 5.74) is 0.159. The molecule has 2 heteroatoms. The summed E-state index contributed by atoms with van der Waals surface area (Å²) < 4.78 is 5.35. The van der Waals surface area contributed by atoms with Gasteiger partial charge in [-0.25, -0.2) is 0 Å². The summed E-state index contributed by atoms with van der Waals surface area (Å²) in [6.07, 6.45) is 2.68. The van der Waals surface area contributed by atoms with Gasteiger partial charge in [0.05, 0.1) is 11.7 Å². The Hall–Kier alpha value is 0.250. The molecule has 1 aliphatic rings. The zero-order chi connectivity index (χ0) is 6.91. The van der Waals surface area contributed by atoms with Crippen LogP contribution in [0.25, 0.3) is 0 Å².